The lowest BCUT2D eigenvalue weighted by molar-refractivity contribution is 0.0693. The van der Waals surface area contributed by atoms with E-state index in [1.165, 1.54) is 30.5 Å². The zero-order valence-corrected chi connectivity index (χ0v) is 14.4. The van der Waals surface area contributed by atoms with Gasteiger partial charge >= 0.3 is 5.97 Å². The molecular formula is C20H17NO6. The van der Waals surface area contributed by atoms with Crippen molar-refractivity contribution in [3.05, 3.63) is 77.2 Å². The van der Waals surface area contributed by atoms with Gasteiger partial charge < -0.3 is 24.7 Å². The number of carboxylic acids is 1. The monoisotopic (exact) mass is 367 g/mol. The lowest BCUT2D eigenvalue weighted by Gasteiger charge is -2.08. The molecule has 0 bridgehead atoms. The number of hydrogen-bond donors (Lipinski definition) is 3. The number of rotatable bonds is 6. The first kappa shape index (κ1) is 18.1. The molecule has 7 nitrogen and oxygen atoms in total. The zero-order valence-electron chi connectivity index (χ0n) is 14.4. The van der Waals surface area contributed by atoms with Crippen LogP contribution in [-0.2, 0) is 6.61 Å². The van der Waals surface area contributed by atoms with E-state index in [0.29, 0.717) is 11.5 Å². The van der Waals surface area contributed by atoms with Crippen molar-refractivity contribution in [2.45, 2.75) is 13.5 Å². The van der Waals surface area contributed by atoms with Gasteiger partial charge in [0.15, 0.2) is 5.76 Å². The van der Waals surface area contributed by atoms with Gasteiger partial charge in [-0.1, -0.05) is 17.7 Å². The fraction of sp³-hybridized carbons (Fsp3) is 0.100. The molecule has 0 spiro atoms. The van der Waals surface area contributed by atoms with E-state index in [9.17, 15) is 14.7 Å². The zero-order chi connectivity index (χ0) is 19.4. The molecule has 3 N–H and O–H groups in total. The number of anilines is 1. The number of carbonyl (C=O) groups excluding carboxylic acids is 1. The Labute approximate surface area is 154 Å². The van der Waals surface area contributed by atoms with Crippen molar-refractivity contribution < 1.29 is 29.0 Å². The van der Waals surface area contributed by atoms with Crippen molar-refractivity contribution in [2.75, 3.05) is 5.32 Å². The normalized spacial score (nSPS) is 10.4. The molecule has 0 unspecified atom stereocenters. The summed E-state index contributed by atoms with van der Waals surface area (Å²) >= 11 is 0. The first-order valence-electron chi connectivity index (χ1n) is 8.07. The van der Waals surface area contributed by atoms with Crippen LogP contribution in [-0.4, -0.2) is 22.1 Å². The minimum absolute atomic E-state index is 0.0714. The highest BCUT2D eigenvalue weighted by molar-refractivity contribution is 6.05. The molecule has 0 radical (unpaired) electrons. The third kappa shape index (κ3) is 4.27. The standard InChI is InChI=1S/C20H17NO6/c1-12-2-5-14(6-3-12)27-11-18-16(8-9-26-18)19(23)21-13-4-7-15(20(24)25)17(22)10-13/h2-10,22H,11H2,1H3,(H,21,23)(H,24,25). The van der Waals surface area contributed by atoms with E-state index in [1.54, 1.807) is 0 Å². The predicted octanol–water partition coefficient (Wildman–Crippen LogP) is 3.82. The number of ether oxygens (including phenoxy) is 1. The topological polar surface area (TPSA) is 109 Å². The highest BCUT2D eigenvalue weighted by atomic mass is 16.5. The summed E-state index contributed by atoms with van der Waals surface area (Å²) in [6.45, 7) is 2.04. The van der Waals surface area contributed by atoms with Gasteiger partial charge in [-0.25, -0.2) is 4.79 Å². The summed E-state index contributed by atoms with van der Waals surface area (Å²) in [4.78, 5) is 23.4. The average Bonchev–Trinajstić information content (AvgIpc) is 3.10. The van der Waals surface area contributed by atoms with Crippen molar-refractivity contribution in [1.82, 2.24) is 0 Å². The lowest BCUT2D eigenvalue weighted by atomic mass is 10.1. The van der Waals surface area contributed by atoms with Crippen LogP contribution in [0.1, 0.15) is 32.0 Å². The maximum absolute atomic E-state index is 12.5. The van der Waals surface area contributed by atoms with Crippen LogP contribution in [0.25, 0.3) is 0 Å². The van der Waals surface area contributed by atoms with Crippen LogP contribution in [0, 0.1) is 6.92 Å². The largest absolute Gasteiger partial charge is 0.507 e. The Hall–Kier alpha value is -3.74. The highest BCUT2D eigenvalue weighted by Crippen LogP contribution is 2.23. The molecule has 1 heterocycles. The first-order valence-corrected chi connectivity index (χ1v) is 8.07. The Morgan fingerprint density at radius 2 is 1.81 bits per heavy atom. The molecule has 7 heteroatoms. The fourth-order valence-corrected chi connectivity index (χ4v) is 2.43. The maximum atomic E-state index is 12.5. The number of amides is 1. The van der Waals surface area contributed by atoms with Crippen LogP contribution in [0.15, 0.2) is 59.2 Å². The third-order valence-electron chi connectivity index (χ3n) is 3.87. The number of carbonyl (C=O) groups is 2. The van der Waals surface area contributed by atoms with Crippen molar-refractivity contribution in [2.24, 2.45) is 0 Å². The van der Waals surface area contributed by atoms with E-state index in [4.69, 9.17) is 14.3 Å². The summed E-state index contributed by atoms with van der Waals surface area (Å²) in [5, 5.41) is 21.2. The molecule has 0 atom stereocenters. The predicted molar refractivity (Wildman–Crippen MR) is 97.2 cm³/mol. The van der Waals surface area contributed by atoms with Gasteiger partial charge in [0, 0.05) is 11.8 Å². The molecule has 0 aliphatic rings. The number of phenols is 1. The molecule has 3 aromatic rings. The van der Waals surface area contributed by atoms with Gasteiger partial charge in [-0.3, -0.25) is 4.79 Å². The average molecular weight is 367 g/mol. The van der Waals surface area contributed by atoms with Crippen molar-refractivity contribution in [1.29, 1.82) is 0 Å². The fourth-order valence-electron chi connectivity index (χ4n) is 2.43. The Kier molecular flexibility index (Phi) is 5.12. The van der Waals surface area contributed by atoms with E-state index < -0.39 is 17.6 Å². The number of nitrogens with one attached hydrogen (secondary N) is 1. The molecule has 0 aliphatic heterocycles. The Bertz CT molecular complexity index is 974. The van der Waals surface area contributed by atoms with Crippen molar-refractivity contribution >= 4 is 17.6 Å². The van der Waals surface area contributed by atoms with Gasteiger partial charge in [0.25, 0.3) is 5.91 Å². The van der Waals surface area contributed by atoms with Gasteiger partial charge in [0.1, 0.15) is 23.7 Å². The summed E-state index contributed by atoms with van der Waals surface area (Å²) in [5.41, 5.74) is 1.40. The molecule has 1 aromatic heterocycles. The second kappa shape index (κ2) is 7.65. The number of hydrogen-bond acceptors (Lipinski definition) is 5. The number of aromatic carboxylic acids is 1. The highest BCUT2D eigenvalue weighted by Gasteiger charge is 2.17. The molecule has 0 fully saturated rings. The Balaban J connectivity index is 1.69. The van der Waals surface area contributed by atoms with Gasteiger partial charge in [0.2, 0.25) is 0 Å². The molecule has 1 amide bonds. The summed E-state index contributed by atoms with van der Waals surface area (Å²) in [5.74, 6) is -1.16. The maximum Gasteiger partial charge on any atom is 0.339 e. The van der Waals surface area contributed by atoms with Gasteiger partial charge in [-0.05, 0) is 37.3 Å². The van der Waals surface area contributed by atoms with Crippen LogP contribution < -0.4 is 10.1 Å². The molecule has 0 aliphatic carbocycles. The van der Waals surface area contributed by atoms with E-state index in [0.717, 1.165) is 5.56 Å². The number of furan rings is 1. The quantitative estimate of drug-likeness (QED) is 0.611. The van der Waals surface area contributed by atoms with Gasteiger partial charge in [-0.2, -0.15) is 0 Å². The Morgan fingerprint density at radius 1 is 1.07 bits per heavy atom. The summed E-state index contributed by atoms with van der Waals surface area (Å²) < 4.78 is 11.0. The lowest BCUT2D eigenvalue weighted by Crippen LogP contribution is -2.14. The van der Waals surface area contributed by atoms with Gasteiger partial charge in [-0.15, -0.1) is 0 Å². The number of carboxylic acid groups (broad SMARTS) is 1. The van der Waals surface area contributed by atoms with E-state index in [1.807, 2.05) is 31.2 Å². The second-order valence-electron chi connectivity index (χ2n) is 5.85. The first-order chi connectivity index (χ1) is 12.9. The number of aromatic hydroxyl groups is 1. The van der Waals surface area contributed by atoms with Crippen LogP contribution in [0.2, 0.25) is 0 Å². The summed E-state index contributed by atoms with van der Waals surface area (Å²) in [6, 6.07) is 12.8. The van der Waals surface area contributed by atoms with E-state index in [2.05, 4.69) is 5.32 Å². The minimum Gasteiger partial charge on any atom is -0.507 e. The second-order valence-corrected chi connectivity index (χ2v) is 5.85. The van der Waals surface area contributed by atoms with Crippen LogP contribution in [0.4, 0.5) is 5.69 Å². The molecule has 27 heavy (non-hydrogen) atoms. The number of aryl methyl sites for hydroxylation is 1. The summed E-state index contributed by atoms with van der Waals surface area (Å²) in [6.07, 6.45) is 1.38. The van der Waals surface area contributed by atoms with Crippen LogP contribution in [0.3, 0.4) is 0 Å². The van der Waals surface area contributed by atoms with Gasteiger partial charge in [0.05, 0.1) is 11.8 Å². The third-order valence-corrected chi connectivity index (χ3v) is 3.87. The minimum atomic E-state index is -1.25. The number of benzene rings is 2. The van der Waals surface area contributed by atoms with E-state index >= 15 is 0 Å². The molecule has 0 saturated carbocycles. The molecule has 0 saturated heterocycles. The van der Waals surface area contributed by atoms with Crippen LogP contribution >= 0.6 is 0 Å². The molecular weight excluding hydrogens is 350 g/mol. The molecule has 138 valence electrons. The van der Waals surface area contributed by atoms with Crippen LogP contribution in [0.5, 0.6) is 11.5 Å². The van der Waals surface area contributed by atoms with Crippen molar-refractivity contribution in [3.63, 3.8) is 0 Å². The summed E-state index contributed by atoms with van der Waals surface area (Å²) in [7, 11) is 0. The molecule has 3 rings (SSSR count). The smallest absolute Gasteiger partial charge is 0.339 e. The van der Waals surface area contributed by atoms with E-state index in [-0.39, 0.29) is 23.4 Å². The SMILES string of the molecule is Cc1ccc(OCc2occc2C(=O)Nc2ccc(C(=O)O)c(O)c2)cc1. The molecule has 2 aromatic carbocycles. The Morgan fingerprint density at radius 3 is 2.48 bits per heavy atom. The van der Waals surface area contributed by atoms with Crippen molar-refractivity contribution in [3.8, 4) is 11.5 Å².